The normalized spacial score (nSPS) is 24.6. The highest BCUT2D eigenvalue weighted by Gasteiger charge is 2.37. The highest BCUT2D eigenvalue weighted by Crippen LogP contribution is 2.45. The Bertz CT molecular complexity index is 399. The second-order valence-electron chi connectivity index (χ2n) is 6.76. The van der Waals surface area contributed by atoms with Gasteiger partial charge >= 0.3 is 0 Å². The van der Waals surface area contributed by atoms with Crippen molar-refractivity contribution in [2.24, 2.45) is 11.1 Å². The van der Waals surface area contributed by atoms with Gasteiger partial charge in [-0.25, -0.2) is 0 Å². The van der Waals surface area contributed by atoms with Gasteiger partial charge in [0.2, 0.25) is 0 Å². The maximum Gasteiger partial charge on any atom is 0.0470 e. The standard InChI is InChI=1S/C18H28N2/c19-15-17(16-7-3-1-4-8-16)20-13-11-18(12-14-20)9-5-2-6-10-18/h1,3-4,7-8,17H,2,5-6,9-15,19H2. The molecule has 0 amide bonds. The molecule has 1 aromatic carbocycles. The minimum atomic E-state index is 0.414. The molecule has 1 heterocycles. The van der Waals surface area contributed by atoms with Crippen LogP contribution in [0.2, 0.25) is 0 Å². The van der Waals surface area contributed by atoms with Crippen LogP contribution in [0, 0.1) is 5.41 Å². The summed E-state index contributed by atoms with van der Waals surface area (Å²) in [6.45, 7) is 3.20. The summed E-state index contributed by atoms with van der Waals surface area (Å²) >= 11 is 0. The van der Waals surface area contributed by atoms with Gasteiger partial charge in [0.25, 0.3) is 0 Å². The molecule has 1 aliphatic heterocycles. The topological polar surface area (TPSA) is 29.3 Å². The molecule has 2 aliphatic rings. The van der Waals surface area contributed by atoms with Crippen LogP contribution < -0.4 is 5.73 Å². The molecule has 1 aliphatic carbocycles. The van der Waals surface area contributed by atoms with Crippen molar-refractivity contribution in [2.45, 2.75) is 51.0 Å². The van der Waals surface area contributed by atoms with E-state index in [0.29, 0.717) is 11.5 Å². The second kappa shape index (κ2) is 6.28. The number of piperidine rings is 1. The van der Waals surface area contributed by atoms with Crippen LogP contribution in [0.25, 0.3) is 0 Å². The Balaban J connectivity index is 1.64. The van der Waals surface area contributed by atoms with E-state index in [1.165, 1.54) is 63.6 Å². The molecule has 2 nitrogen and oxygen atoms in total. The van der Waals surface area contributed by atoms with Crippen LogP contribution >= 0.6 is 0 Å². The molecule has 110 valence electrons. The van der Waals surface area contributed by atoms with Gasteiger partial charge < -0.3 is 5.73 Å². The van der Waals surface area contributed by atoms with Gasteiger partial charge in [-0.15, -0.1) is 0 Å². The van der Waals surface area contributed by atoms with Gasteiger partial charge in [-0.3, -0.25) is 4.90 Å². The fourth-order valence-corrected chi connectivity index (χ4v) is 4.28. The van der Waals surface area contributed by atoms with Crippen LogP contribution in [0.1, 0.15) is 56.6 Å². The van der Waals surface area contributed by atoms with E-state index in [4.69, 9.17) is 5.73 Å². The molecular weight excluding hydrogens is 244 g/mol. The van der Waals surface area contributed by atoms with Crippen molar-refractivity contribution in [3.05, 3.63) is 35.9 Å². The molecule has 1 saturated heterocycles. The molecule has 1 aromatic rings. The van der Waals surface area contributed by atoms with E-state index in [1.54, 1.807) is 0 Å². The number of rotatable bonds is 3. The summed E-state index contributed by atoms with van der Waals surface area (Å²) in [4.78, 5) is 2.62. The van der Waals surface area contributed by atoms with Gasteiger partial charge in [0.15, 0.2) is 0 Å². The number of benzene rings is 1. The average molecular weight is 272 g/mol. The fraction of sp³-hybridized carbons (Fsp3) is 0.667. The van der Waals surface area contributed by atoms with Crippen molar-refractivity contribution < 1.29 is 0 Å². The Kier molecular flexibility index (Phi) is 4.42. The third-order valence-electron chi connectivity index (χ3n) is 5.62. The van der Waals surface area contributed by atoms with Gasteiger partial charge in [0, 0.05) is 12.6 Å². The van der Waals surface area contributed by atoms with E-state index >= 15 is 0 Å². The third kappa shape index (κ3) is 2.91. The maximum absolute atomic E-state index is 6.06. The molecule has 1 unspecified atom stereocenters. The molecule has 3 rings (SSSR count). The first kappa shape index (κ1) is 14.1. The summed E-state index contributed by atoms with van der Waals surface area (Å²) in [6, 6.07) is 11.2. The van der Waals surface area contributed by atoms with Crippen molar-refractivity contribution >= 4 is 0 Å². The van der Waals surface area contributed by atoms with E-state index in [0.717, 1.165) is 6.54 Å². The fourth-order valence-electron chi connectivity index (χ4n) is 4.28. The lowest BCUT2D eigenvalue weighted by molar-refractivity contribution is 0.0464. The molecule has 1 saturated carbocycles. The van der Waals surface area contributed by atoms with E-state index in [2.05, 4.69) is 35.2 Å². The van der Waals surface area contributed by atoms with Crippen LogP contribution in [-0.4, -0.2) is 24.5 Å². The molecule has 2 heteroatoms. The minimum Gasteiger partial charge on any atom is -0.329 e. The predicted molar refractivity (Wildman–Crippen MR) is 84.6 cm³/mol. The van der Waals surface area contributed by atoms with E-state index in [9.17, 15) is 0 Å². The Morgan fingerprint density at radius 1 is 0.950 bits per heavy atom. The van der Waals surface area contributed by atoms with E-state index in [-0.39, 0.29) is 0 Å². The first-order valence-electron chi connectivity index (χ1n) is 8.32. The lowest BCUT2D eigenvalue weighted by atomic mass is 9.68. The van der Waals surface area contributed by atoms with Gasteiger partial charge in [-0.05, 0) is 49.8 Å². The van der Waals surface area contributed by atoms with Crippen LogP contribution in [0.15, 0.2) is 30.3 Å². The zero-order chi connectivity index (χ0) is 13.8. The predicted octanol–water partition coefficient (Wildman–Crippen LogP) is 3.73. The highest BCUT2D eigenvalue weighted by molar-refractivity contribution is 5.19. The molecule has 1 atom stereocenters. The molecule has 0 aromatic heterocycles. The van der Waals surface area contributed by atoms with Gasteiger partial charge in [0.05, 0.1) is 0 Å². The minimum absolute atomic E-state index is 0.414. The number of likely N-dealkylation sites (tertiary alicyclic amines) is 1. The molecule has 2 fully saturated rings. The number of nitrogens with zero attached hydrogens (tertiary/aromatic N) is 1. The monoisotopic (exact) mass is 272 g/mol. The van der Waals surface area contributed by atoms with Crippen molar-refractivity contribution in [1.29, 1.82) is 0 Å². The maximum atomic E-state index is 6.06. The summed E-state index contributed by atoms with van der Waals surface area (Å²) in [5.74, 6) is 0. The molecule has 20 heavy (non-hydrogen) atoms. The molecule has 0 radical (unpaired) electrons. The summed E-state index contributed by atoms with van der Waals surface area (Å²) in [5.41, 5.74) is 8.13. The Morgan fingerprint density at radius 2 is 1.60 bits per heavy atom. The summed E-state index contributed by atoms with van der Waals surface area (Å²) in [6.07, 6.45) is 10.1. The zero-order valence-electron chi connectivity index (χ0n) is 12.6. The van der Waals surface area contributed by atoms with Gasteiger partial charge in [-0.1, -0.05) is 49.6 Å². The lowest BCUT2D eigenvalue weighted by Gasteiger charge is -2.46. The Labute approximate surface area is 123 Å². The van der Waals surface area contributed by atoms with Crippen LogP contribution in [0.3, 0.4) is 0 Å². The quantitative estimate of drug-likeness (QED) is 0.908. The van der Waals surface area contributed by atoms with Crippen LogP contribution in [-0.2, 0) is 0 Å². The molecular formula is C18H28N2. The van der Waals surface area contributed by atoms with Gasteiger partial charge in [0.1, 0.15) is 0 Å². The van der Waals surface area contributed by atoms with Crippen LogP contribution in [0.5, 0.6) is 0 Å². The third-order valence-corrected chi connectivity index (χ3v) is 5.62. The number of nitrogens with two attached hydrogens (primary N) is 1. The summed E-state index contributed by atoms with van der Waals surface area (Å²) in [5, 5.41) is 0. The van der Waals surface area contributed by atoms with Crippen LogP contribution in [0.4, 0.5) is 0 Å². The molecule has 2 N–H and O–H groups in total. The number of hydrogen-bond acceptors (Lipinski definition) is 2. The first-order valence-corrected chi connectivity index (χ1v) is 8.32. The van der Waals surface area contributed by atoms with Crippen molar-refractivity contribution in [3.63, 3.8) is 0 Å². The van der Waals surface area contributed by atoms with Crippen molar-refractivity contribution in [3.8, 4) is 0 Å². The summed E-state index contributed by atoms with van der Waals surface area (Å²) in [7, 11) is 0. The van der Waals surface area contributed by atoms with E-state index < -0.39 is 0 Å². The van der Waals surface area contributed by atoms with Crippen molar-refractivity contribution in [1.82, 2.24) is 4.90 Å². The smallest absolute Gasteiger partial charge is 0.0470 e. The summed E-state index contributed by atoms with van der Waals surface area (Å²) < 4.78 is 0. The van der Waals surface area contributed by atoms with Crippen molar-refractivity contribution in [2.75, 3.05) is 19.6 Å². The van der Waals surface area contributed by atoms with Gasteiger partial charge in [-0.2, -0.15) is 0 Å². The second-order valence-corrected chi connectivity index (χ2v) is 6.76. The average Bonchev–Trinajstić information content (AvgIpc) is 2.52. The molecule has 0 bridgehead atoms. The largest absolute Gasteiger partial charge is 0.329 e. The zero-order valence-corrected chi connectivity index (χ0v) is 12.6. The highest BCUT2D eigenvalue weighted by atomic mass is 15.2. The Morgan fingerprint density at radius 3 is 2.20 bits per heavy atom. The Hall–Kier alpha value is -0.860. The lowest BCUT2D eigenvalue weighted by Crippen LogP contribution is -2.44. The first-order chi connectivity index (χ1) is 9.83. The molecule has 1 spiro atoms. The SMILES string of the molecule is NCC(c1ccccc1)N1CCC2(CCCCC2)CC1. The number of hydrogen-bond donors (Lipinski definition) is 1. The van der Waals surface area contributed by atoms with E-state index in [1.807, 2.05) is 0 Å².